The highest BCUT2D eigenvalue weighted by molar-refractivity contribution is 5.46. The predicted octanol–water partition coefficient (Wildman–Crippen LogP) is 0.870. The molecule has 0 aliphatic heterocycles. The van der Waals surface area contributed by atoms with Crippen LogP contribution < -0.4 is 16.2 Å². The van der Waals surface area contributed by atoms with Crippen LogP contribution in [-0.2, 0) is 0 Å². The normalized spacial score (nSPS) is 14.0. The lowest BCUT2D eigenvalue weighted by Crippen LogP contribution is -2.26. The highest BCUT2D eigenvalue weighted by atomic mass is 14.5. The van der Waals surface area contributed by atoms with Gasteiger partial charge in [-0.1, -0.05) is 24.3 Å². The lowest BCUT2D eigenvalue weighted by Gasteiger charge is -1.93. The molecular formula is C10H13N. The van der Waals surface area contributed by atoms with Gasteiger partial charge in [0.25, 0.3) is 0 Å². The second-order valence-corrected chi connectivity index (χ2v) is 2.43. The molecule has 0 amide bonds. The number of benzene rings is 1. The van der Waals surface area contributed by atoms with Crippen molar-refractivity contribution in [2.45, 2.75) is 13.8 Å². The predicted molar refractivity (Wildman–Crippen MR) is 50.4 cm³/mol. The fraction of sp³-hybridized carbons (Fsp3) is 0.200. The lowest BCUT2D eigenvalue weighted by atomic mass is 10.2. The summed E-state index contributed by atoms with van der Waals surface area (Å²) in [6.45, 7) is 4.01. The highest BCUT2D eigenvalue weighted by Crippen LogP contribution is 1.86. The van der Waals surface area contributed by atoms with Crippen LogP contribution in [0.5, 0.6) is 0 Å². The standard InChI is InChI=1S/C10H13N/c1-3-8-6-5-7-10(11)9(8)4-2/h3-7H,11H2,1-2H3/b8-3-,9-4+. The lowest BCUT2D eigenvalue weighted by molar-refractivity contribution is 1.49. The van der Waals surface area contributed by atoms with Crippen molar-refractivity contribution in [2.75, 3.05) is 5.73 Å². The van der Waals surface area contributed by atoms with E-state index in [9.17, 15) is 0 Å². The summed E-state index contributed by atoms with van der Waals surface area (Å²) >= 11 is 0. The van der Waals surface area contributed by atoms with Gasteiger partial charge in [0.15, 0.2) is 0 Å². The maximum atomic E-state index is 5.76. The Labute approximate surface area is 66.9 Å². The van der Waals surface area contributed by atoms with E-state index >= 15 is 0 Å². The van der Waals surface area contributed by atoms with Gasteiger partial charge < -0.3 is 5.73 Å². The third kappa shape index (κ3) is 1.43. The van der Waals surface area contributed by atoms with Crippen molar-refractivity contribution in [3.63, 3.8) is 0 Å². The van der Waals surface area contributed by atoms with E-state index in [4.69, 9.17) is 5.73 Å². The molecule has 1 rings (SSSR count). The first-order chi connectivity index (χ1) is 5.29. The van der Waals surface area contributed by atoms with E-state index in [1.54, 1.807) is 0 Å². The quantitative estimate of drug-likeness (QED) is 0.541. The molecule has 2 N–H and O–H groups in total. The van der Waals surface area contributed by atoms with Gasteiger partial charge in [0.1, 0.15) is 0 Å². The number of anilines is 1. The summed E-state index contributed by atoms with van der Waals surface area (Å²) in [6.07, 6.45) is 4.09. The van der Waals surface area contributed by atoms with Crippen LogP contribution in [0, 0.1) is 0 Å². The summed E-state index contributed by atoms with van der Waals surface area (Å²) in [5.41, 5.74) is 6.61. The second-order valence-electron chi connectivity index (χ2n) is 2.43. The van der Waals surface area contributed by atoms with E-state index < -0.39 is 0 Å². The van der Waals surface area contributed by atoms with Crippen molar-refractivity contribution in [3.05, 3.63) is 28.6 Å². The molecule has 0 heterocycles. The van der Waals surface area contributed by atoms with Crippen molar-refractivity contribution in [3.8, 4) is 0 Å². The Morgan fingerprint density at radius 2 is 1.91 bits per heavy atom. The molecule has 0 aliphatic carbocycles. The zero-order valence-electron chi connectivity index (χ0n) is 6.96. The Balaban J connectivity index is 3.65. The average molecular weight is 147 g/mol. The molecule has 11 heavy (non-hydrogen) atoms. The maximum absolute atomic E-state index is 5.76. The van der Waals surface area contributed by atoms with Gasteiger partial charge in [0.05, 0.1) is 0 Å². The fourth-order valence-corrected chi connectivity index (χ4v) is 1.19. The molecule has 0 saturated carbocycles. The molecule has 0 aromatic heterocycles. The summed E-state index contributed by atoms with van der Waals surface area (Å²) in [6, 6.07) is 5.95. The molecular weight excluding hydrogens is 134 g/mol. The summed E-state index contributed by atoms with van der Waals surface area (Å²) in [7, 11) is 0. The minimum Gasteiger partial charge on any atom is -0.398 e. The number of nitrogen functional groups attached to an aromatic ring is 1. The molecule has 58 valence electrons. The largest absolute Gasteiger partial charge is 0.398 e. The molecule has 0 fully saturated rings. The number of hydrogen-bond donors (Lipinski definition) is 1. The number of hydrogen-bond acceptors (Lipinski definition) is 1. The second kappa shape index (κ2) is 3.24. The number of nitrogens with two attached hydrogens (primary N) is 1. The summed E-state index contributed by atoms with van der Waals surface area (Å²) in [5.74, 6) is 0. The zero-order chi connectivity index (χ0) is 8.27. The van der Waals surface area contributed by atoms with Crippen LogP contribution in [0.1, 0.15) is 13.8 Å². The van der Waals surface area contributed by atoms with E-state index in [-0.39, 0.29) is 0 Å². The van der Waals surface area contributed by atoms with Gasteiger partial charge in [-0.2, -0.15) is 0 Å². The molecule has 0 saturated heterocycles. The molecule has 1 heteroatoms. The molecule has 1 aromatic carbocycles. The van der Waals surface area contributed by atoms with Crippen LogP contribution >= 0.6 is 0 Å². The van der Waals surface area contributed by atoms with Gasteiger partial charge in [-0.15, -0.1) is 0 Å². The minimum absolute atomic E-state index is 0.850. The highest BCUT2D eigenvalue weighted by Gasteiger charge is 1.86. The molecule has 0 unspecified atom stereocenters. The van der Waals surface area contributed by atoms with Crippen LogP contribution in [0.2, 0.25) is 0 Å². The van der Waals surface area contributed by atoms with Gasteiger partial charge >= 0.3 is 0 Å². The zero-order valence-corrected chi connectivity index (χ0v) is 6.96. The van der Waals surface area contributed by atoms with Crippen LogP contribution in [0.4, 0.5) is 5.69 Å². The average Bonchev–Trinajstić information content (AvgIpc) is 2.04. The Kier molecular flexibility index (Phi) is 2.32. The first kappa shape index (κ1) is 7.86. The van der Waals surface area contributed by atoms with Gasteiger partial charge in [0.2, 0.25) is 0 Å². The third-order valence-electron chi connectivity index (χ3n) is 1.77. The van der Waals surface area contributed by atoms with Crippen molar-refractivity contribution in [1.29, 1.82) is 0 Å². The third-order valence-corrected chi connectivity index (χ3v) is 1.77. The Hall–Kier alpha value is -1.24. The molecule has 0 radical (unpaired) electrons. The van der Waals surface area contributed by atoms with Gasteiger partial charge in [-0.3, -0.25) is 0 Å². The van der Waals surface area contributed by atoms with Gasteiger partial charge in [-0.25, -0.2) is 0 Å². The summed E-state index contributed by atoms with van der Waals surface area (Å²) < 4.78 is 0. The van der Waals surface area contributed by atoms with Gasteiger partial charge in [0, 0.05) is 10.9 Å². The Morgan fingerprint density at radius 1 is 1.18 bits per heavy atom. The SMILES string of the molecule is C/C=c1/cccc(N)/c1=C/C. The van der Waals surface area contributed by atoms with Crippen molar-refractivity contribution in [1.82, 2.24) is 0 Å². The molecule has 0 atom stereocenters. The minimum atomic E-state index is 0.850. The van der Waals surface area contributed by atoms with E-state index in [0.29, 0.717) is 0 Å². The van der Waals surface area contributed by atoms with Crippen molar-refractivity contribution >= 4 is 17.8 Å². The Bertz CT molecular complexity index is 350. The van der Waals surface area contributed by atoms with E-state index in [1.165, 1.54) is 5.22 Å². The maximum Gasteiger partial charge on any atom is 0.0390 e. The van der Waals surface area contributed by atoms with Crippen molar-refractivity contribution in [2.24, 2.45) is 0 Å². The van der Waals surface area contributed by atoms with E-state index in [2.05, 4.69) is 12.1 Å². The van der Waals surface area contributed by atoms with Crippen LogP contribution in [-0.4, -0.2) is 0 Å². The molecule has 1 aromatic rings. The van der Waals surface area contributed by atoms with Gasteiger partial charge in [-0.05, 0) is 25.1 Å². The molecule has 0 bridgehead atoms. The molecule has 0 spiro atoms. The monoisotopic (exact) mass is 147 g/mol. The topological polar surface area (TPSA) is 26.0 Å². The van der Waals surface area contributed by atoms with Crippen LogP contribution in [0.15, 0.2) is 18.2 Å². The Morgan fingerprint density at radius 3 is 2.36 bits per heavy atom. The fourth-order valence-electron chi connectivity index (χ4n) is 1.19. The van der Waals surface area contributed by atoms with E-state index in [1.807, 2.05) is 32.1 Å². The van der Waals surface area contributed by atoms with Crippen molar-refractivity contribution < 1.29 is 0 Å². The summed E-state index contributed by atoms with van der Waals surface area (Å²) in [4.78, 5) is 0. The summed E-state index contributed by atoms with van der Waals surface area (Å²) in [5, 5.41) is 2.34. The molecule has 0 aliphatic rings. The number of rotatable bonds is 0. The molecule has 1 nitrogen and oxygen atoms in total. The smallest absolute Gasteiger partial charge is 0.0390 e. The van der Waals surface area contributed by atoms with Crippen LogP contribution in [0.25, 0.3) is 12.2 Å². The van der Waals surface area contributed by atoms with Crippen LogP contribution in [0.3, 0.4) is 0 Å². The first-order valence-corrected chi connectivity index (χ1v) is 3.76. The van der Waals surface area contributed by atoms with E-state index in [0.717, 1.165) is 10.9 Å². The first-order valence-electron chi connectivity index (χ1n) is 3.76.